The first-order chi connectivity index (χ1) is 14.8. The van der Waals surface area contributed by atoms with Crippen LogP contribution in [0.15, 0.2) is 24.3 Å². The summed E-state index contributed by atoms with van der Waals surface area (Å²) in [6.07, 6.45) is 5.07. The van der Waals surface area contributed by atoms with E-state index in [-0.39, 0.29) is 13.4 Å². The number of anilines is 1. The summed E-state index contributed by atoms with van der Waals surface area (Å²) in [6.45, 7) is 8.22. The standard InChI is InChI=1S/C25H33N5O.H2/c1-16(2)22-12-13-23(29-28-22)25(31)27-20-7-6-8-21(11-10-20)30(5)24-14-9-19(15-26)17(3)18(24)4;/h9,12-14,16,20-21H,6-8,10-11H2,1-5H3,(H,27,31);1H/t20-,21-;/m1./s1. The zero-order valence-electron chi connectivity index (χ0n) is 19.3. The highest BCUT2D eigenvalue weighted by Crippen LogP contribution is 2.30. The first kappa shape index (κ1) is 22.7. The highest BCUT2D eigenvalue weighted by Gasteiger charge is 2.25. The van der Waals surface area contributed by atoms with Gasteiger partial charge in [-0.2, -0.15) is 10.4 Å². The van der Waals surface area contributed by atoms with E-state index in [9.17, 15) is 10.1 Å². The summed E-state index contributed by atoms with van der Waals surface area (Å²) >= 11 is 0. The van der Waals surface area contributed by atoms with Crippen molar-refractivity contribution in [2.45, 2.75) is 77.8 Å². The Morgan fingerprint density at radius 2 is 1.90 bits per heavy atom. The number of carbonyl (C=O) groups excluding carboxylic acids is 1. The smallest absolute Gasteiger partial charge is 0.272 e. The quantitative estimate of drug-likeness (QED) is 0.694. The maximum Gasteiger partial charge on any atom is 0.272 e. The van der Waals surface area contributed by atoms with E-state index < -0.39 is 0 Å². The lowest BCUT2D eigenvalue weighted by atomic mass is 9.99. The first-order valence-electron chi connectivity index (χ1n) is 11.2. The predicted octanol–water partition coefficient (Wildman–Crippen LogP) is 4.90. The van der Waals surface area contributed by atoms with Crippen molar-refractivity contribution < 1.29 is 6.22 Å². The van der Waals surface area contributed by atoms with Crippen LogP contribution in [-0.4, -0.2) is 35.2 Å². The zero-order chi connectivity index (χ0) is 22.5. The summed E-state index contributed by atoms with van der Waals surface area (Å²) in [4.78, 5) is 15.0. The molecule has 0 unspecified atom stereocenters. The van der Waals surface area contributed by atoms with Crippen LogP contribution in [0.1, 0.15) is 86.2 Å². The van der Waals surface area contributed by atoms with Gasteiger partial charge in [-0.05, 0) is 87.3 Å². The van der Waals surface area contributed by atoms with Gasteiger partial charge in [0.25, 0.3) is 5.91 Å². The van der Waals surface area contributed by atoms with Gasteiger partial charge in [0.15, 0.2) is 5.69 Å². The van der Waals surface area contributed by atoms with Gasteiger partial charge in [0.05, 0.1) is 17.3 Å². The van der Waals surface area contributed by atoms with Gasteiger partial charge < -0.3 is 10.2 Å². The van der Waals surface area contributed by atoms with E-state index >= 15 is 0 Å². The average molecular weight is 422 g/mol. The number of carbonyl (C=O) groups is 1. The summed E-state index contributed by atoms with van der Waals surface area (Å²) in [5.41, 5.74) is 5.41. The van der Waals surface area contributed by atoms with Crippen LogP contribution in [0.3, 0.4) is 0 Å². The van der Waals surface area contributed by atoms with E-state index in [0.29, 0.717) is 17.7 Å². The van der Waals surface area contributed by atoms with Crippen LogP contribution in [0.4, 0.5) is 5.69 Å². The van der Waals surface area contributed by atoms with Gasteiger partial charge in [-0.25, -0.2) is 0 Å². The third-order valence-corrected chi connectivity index (χ3v) is 6.59. The Hall–Kier alpha value is -2.94. The largest absolute Gasteiger partial charge is 0.371 e. The molecule has 1 heterocycles. The zero-order valence-corrected chi connectivity index (χ0v) is 19.3. The topological polar surface area (TPSA) is 81.9 Å². The number of rotatable bonds is 5. The van der Waals surface area contributed by atoms with Gasteiger partial charge in [-0.1, -0.05) is 13.8 Å². The molecule has 0 aliphatic heterocycles. The minimum Gasteiger partial charge on any atom is -0.371 e. The number of hydrogen-bond donors (Lipinski definition) is 1. The fourth-order valence-electron chi connectivity index (χ4n) is 4.35. The second-order valence-electron chi connectivity index (χ2n) is 8.94. The number of benzene rings is 1. The Kier molecular flexibility index (Phi) is 7.27. The Morgan fingerprint density at radius 1 is 1.13 bits per heavy atom. The fourth-order valence-corrected chi connectivity index (χ4v) is 4.35. The van der Waals surface area contributed by atoms with Gasteiger partial charge in [0.1, 0.15) is 0 Å². The maximum absolute atomic E-state index is 12.6. The summed E-state index contributed by atoms with van der Waals surface area (Å²) < 4.78 is 0. The van der Waals surface area contributed by atoms with E-state index in [1.165, 1.54) is 11.3 Å². The predicted molar refractivity (Wildman–Crippen MR) is 125 cm³/mol. The molecular formula is C25H35N5O. The van der Waals surface area contributed by atoms with E-state index in [2.05, 4.69) is 60.4 Å². The average Bonchev–Trinajstić information content (AvgIpc) is 3.00. The molecule has 1 fully saturated rings. The number of amides is 1. The van der Waals surface area contributed by atoms with Crippen LogP contribution in [0.25, 0.3) is 0 Å². The molecule has 0 saturated heterocycles. The minimum atomic E-state index is -0.141. The molecule has 0 spiro atoms. The maximum atomic E-state index is 12.6. The summed E-state index contributed by atoms with van der Waals surface area (Å²) in [5.74, 6) is 0.155. The molecule has 3 rings (SSSR count). The van der Waals surface area contributed by atoms with Gasteiger partial charge in [-0.15, -0.1) is 5.10 Å². The van der Waals surface area contributed by atoms with Crippen molar-refractivity contribution in [3.8, 4) is 6.07 Å². The van der Waals surface area contributed by atoms with E-state index in [1.54, 1.807) is 6.07 Å². The molecule has 0 bridgehead atoms. The number of hydrogen-bond acceptors (Lipinski definition) is 5. The Morgan fingerprint density at radius 3 is 2.55 bits per heavy atom. The Labute approximate surface area is 187 Å². The highest BCUT2D eigenvalue weighted by atomic mass is 16.2. The second kappa shape index (κ2) is 9.91. The lowest BCUT2D eigenvalue weighted by Crippen LogP contribution is -2.36. The van der Waals surface area contributed by atoms with E-state index in [0.717, 1.165) is 48.9 Å². The molecule has 0 radical (unpaired) electrons. The molecule has 31 heavy (non-hydrogen) atoms. The van der Waals surface area contributed by atoms with Gasteiger partial charge in [0.2, 0.25) is 0 Å². The first-order valence-corrected chi connectivity index (χ1v) is 11.2. The molecule has 166 valence electrons. The molecule has 2 aromatic rings. The van der Waals surface area contributed by atoms with Crippen molar-refractivity contribution >= 4 is 11.6 Å². The molecule has 1 aromatic heterocycles. The SMILES string of the molecule is Cc1c(C#N)ccc(N(C)[C@@H]2CCC[C@@H](NC(=O)c3ccc(C(C)C)nn3)CC2)c1C.[HH]. The van der Waals surface area contributed by atoms with Gasteiger partial charge in [-0.3, -0.25) is 4.79 Å². The minimum absolute atomic E-state index is 0. The molecule has 1 aliphatic carbocycles. The van der Waals surface area contributed by atoms with Crippen LogP contribution in [0.5, 0.6) is 0 Å². The monoisotopic (exact) mass is 421 g/mol. The summed E-state index contributed by atoms with van der Waals surface area (Å²) in [7, 11) is 2.14. The molecule has 1 aromatic carbocycles. The Balaban J connectivity index is 0.00000363. The van der Waals surface area contributed by atoms with Crippen molar-refractivity contribution in [2.75, 3.05) is 11.9 Å². The molecule has 2 atom stereocenters. The van der Waals surface area contributed by atoms with Crippen molar-refractivity contribution in [3.05, 3.63) is 52.3 Å². The van der Waals surface area contributed by atoms with Crippen LogP contribution in [0.2, 0.25) is 0 Å². The second-order valence-corrected chi connectivity index (χ2v) is 8.94. The van der Waals surface area contributed by atoms with Crippen LogP contribution >= 0.6 is 0 Å². The summed E-state index contributed by atoms with van der Waals surface area (Å²) in [5, 5.41) is 20.7. The molecule has 1 N–H and O–H groups in total. The van der Waals surface area contributed by atoms with E-state index in [1.807, 2.05) is 19.1 Å². The van der Waals surface area contributed by atoms with Crippen LogP contribution in [-0.2, 0) is 0 Å². The third-order valence-electron chi connectivity index (χ3n) is 6.59. The number of nitrogens with one attached hydrogen (secondary N) is 1. The Bertz CT molecular complexity index is 968. The van der Waals surface area contributed by atoms with Crippen molar-refractivity contribution in [1.82, 2.24) is 15.5 Å². The molecule has 6 nitrogen and oxygen atoms in total. The molecule has 6 heteroatoms. The number of aromatic nitrogens is 2. The molecule has 1 amide bonds. The number of nitrogens with zero attached hydrogens (tertiary/aromatic N) is 4. The van der Waals surface area contributed by atoms with Crippen molar-refractivity contribution in [3.63, 3.8) is 0 Å². The molecule has 1 aliphatic rings. The highest BCUT2D eigenvalue weighted by molar-refractivity contribution is 5.92. The molecular weight excluding hydrogens is 386 g/mol. The lowest BCUT2D eigenvalue weighted by molar-refractivity contribution is 0.0927. The van der Waals surface area contributed by atoms with Crippen LogP contribution < -0.4 is 10.2 Å². The van der Waals surface area contributed by atoms with Gasteiger partial charge in [0, 0.05) is 26.2 Å². The fraction of sp³-hybridized carbons (Fsp3) is 0.520. The van der Waals surface area contributed by atoms with Crippen molar-refractivity contribution in [2.24, 2.45) is 0 Å². The van der Waals surface area contributed by atoms with Crippen molar-refractivity contribution in [1.29, 1.82) is 5.26 Å². The normalized spacial score (nSPS) is 18.9. The summed E-state index contributed by atoms with van der Waals surface area (Å²) in [6, 6.07) is 10.5. The van der Waals surface area contributed by atoms with Crippen LogP contribution in [0, 0.1) is 25.2 Å². The lowest BCUT2D eigenvalue weighted by Gasteiger charge is -2.31. The number of nitriles is 1. The molecule has 1 saturated carbocycles. The van der Waals surface area contributed by atoms with E-state index in [4.69, 9.17) is 0 Å². The third kappa shape index (κ3) is 5.22. The van der Waals surface area contributed by atoms with Gasteiger partial charge >= 0.3 is 0 Å².